The van der Waals surface area contributed by atoms with Gasteiger partial charge in [0.15, 0.2) is 0 Å². The second-order valence-corrected chi connectivity index (χ2v) is 3.86. The van der Waals surface area contributed by atoms with Gasteiger partial charge in [0.05, 0.1) is 6.07 Å². The van der Waals surface area contributed by atoms with Crippen LogP contribution in [-0.2, 0) is 0 Å². The molecule has 0 fully saturated rings. The lowest BCUT2D eigenvalue weighted by Crippen LogP contribution is -2.17. The molecule has 2 nitrogen and oxygen atoms in total. The summed E-state index contributed by atoms with van der Waals surface area (Å²) in [6, 6.07) is 8.16. The maximum Gasteiger partial charge on any atom is 0.105 e. The Morgan fingerprint density at radius 1 is 1.54 bits per heavy atom. The smallest absolute Gasteiger partial charge is 0.105 e. The molecule has 0 atom stereocenters. The Morgan fingerprint density at radius 2 is 2.23 bits per heavy atom. The van der Waals surface area contributed by atoms with Crippen molar-refractivity contribution in [1.82, 2.24) is 0 Å². The monoisotopic (exact) mass is 238 g/mol. The van der Waals surface area contributed by atoms with Gasteiger partial charge in [-0.3, -0.25) is 0 Å². The number of nitriles is 1. The molecule has 0 bridgehead atoms. The molecule has 1 rings (SSSR count). The van der Waals surface area contributed by atoms with Gasteiger partial charge >= 0.3 is 0 Å². The summed E-state index contributed by atoms with van der Waals surface area (Å²) in [7, 11) is 1.92. The van der Waals surface area contributed by atoms with Crippen molar-refractivity contribution in [2.75, 3.05) is 18.5 Å². The van der Waals surface area contributed by atoms with Gasteiger partial charge in [0.1, 0.15) is 6.54 Å². The summed E-state index contributed by atoms with van der Waals surface area (Å²) in [4.78, 5) is 1.93. The van der Waals surface area contributed by atoms with E-state index in [1.807, 2.05) is 37.1 Å². The quantitative estimate of drug-likeness (QED) is 0.742. The predicted octanol–water partition coefficient (Wildman–Crippen LogP) is 2.72. The van der Waals surface area contributed by atoms with Crippen LogP contribution in [0.1, 0.15) is 5.56 Å². The second-order valence-electron chi connectivity index (χ2n) is 2.94. The molecule has 1 aromatic rings. The van der Waals surface area contributed by atoms with E-state index >= 15 is 0 Å². The SMILES string of the molecule is Cc1cc(Br)ccc1N(C)CC#N. The van der Waals surface area contributed by atoms with Crippen LogP contribution in [0.4, 0.5) is 5.69 Å². The molecule has 1 aromatic carbocycles. The molecule has 0 aromatic heterocycles. The van der Waals surface area contributed by atoms with Crippen LogP contribution < -0.4 is 4.90 Å². The van der Waals surface area contributed by atoms with Gasteiger partial charge in [0.2, 0.25) is 0 Å². The molecule has 0 amide bonds. The number of anilines is 1. The van der Waals surface area contributed by atoms with E-state index < -0.39 is 0 Å². The first-order valence-electron chi connectivity index (χ1n) is 3.99. The molecule has 0 heterocycles. The van der Waals surface area contributed by atoms with Crippen LogP contribution in [0.15, 0.2) is 22.7 Å². The van der Waals surface area contributed by atoms with Gasteiger partial charge in [-0.15, -0.1) is 0 Å². The minimum atomic E-state index is 0.419. The molecule has 0 unspecified atom stereocenters. The Balaban J connectivity index is 2.96. The van der Waals surface area contributed by atoms with Gasteiger partial charge in [0, 0.05) is 17.2 Å². The Morgan fingerprint density at radius 3 is 2.77 bits per heavy atom. The molecule has 0 radical (unpaired) electrons. The van der Waals surface area contributed by atoms with Gasteiger partial charge in [0.25, 0.3) is 0 Å². The number of nitrogens with zero attached hydrogens (tertiary/aromatic N) is 2. The third kappa shape index (κ3) is 2.46. The van der Waals surface area contributed by atoms with Crippen LogP contribution in [0, 0.1) is 18.3 Å². The third-order valence-corrected chi connectivity index (χ3v) is 2.37. The third-order valence-electron chi connectivity index (χ3n) is 1.88. The van der Waals surface area contributed by atoms with E-state index in [2.05, 4.69) is 22.0 Å². The average molecular weight is 239 g/mol. The number of benzene rings is 1. The van der Waals surface area contributed by atoms with E-state index in [0.29, 0.717) is 6.54 Å². The standard InChI is InChI=1S/C10H11BrN2/c1-8-7-9(11)3-4-10(8)13(2)6-5-12/h3-4,7H,6H2,1-2H3. The first-order valence-corrected chi connectivity index (χ1v) is 4.78. The summed E-state index contributed by atoms with van der Waals surface area (Å²) in [5.74, 6) is 0. The number of aryl methyl sites for hydroxylation is 1. The molecular weight excluding hydrogens is 228 g/mol. The highest BCUT2D eigenvalue weighted by Crippen LogP contribution is 2.22. The van der Waals surface area contributed by atoms with Crippen LogP contribution in [0.3, 0.4) is 0 Å². The lowest BCUT2D eigenvalue weighted by Gasteiger charge is -2.17. The van der Waals surface area contributed by atoms with Crippen molar-refractivity contribution >= 4 is 21.6 Å². The van der Waals surface area contributed by atoms with Gasteiger partial charge in [-0.05, 0) is 30.7 Å². The van der Waals surface area contributed by atoms with Crippen LogP contribution >= 0.6 is 15.9 Å². The molecule has 0 aliphatic carbocycles. The summed E-state index contributed by atoms with van der Waals surface area (Å²) in [5.41, 5.74) is 2.27. The van der Waals surface area contributed by atoms with Crippen LogP contribution in [0.25, 0.3) is 0 Å². The zero-order valence-electron chi connectivity index (χ0n) is 7.71. The van der Waals surface area contributed by atoms with Crippen molar-refractivity contribution in [2.24, 2.45) is 0 Å². The maximum absolute atomic E-state index is 8.54. The van der Waals surface area contributed by atoms with Gasteiger partial charge in [-0.2, -0.15) is 5.26 Å². The molecule has 13 heavy (non-hydrogen) atoms. The fourth-order valence-electron chi connectivity index (χ4n) is 1.24. The first kappa shape index (κ1) is 10.1. The lowest BCUT2D eigenvalue weighted by molar-refractivity contribution is 1.03. The molecule has 0 saturated carbocycles. The van der Waals surface area contributed by atoms with Gasteiger partial charge < -0.3 is 4.90 Å². The molecule has 3 heteroatoms. The normalized spacial score (nSPS) is 9.38. The largest absolute Gasteiger partial charge is 0.361 e. The van der Waals surface area contributed by atoms with E-state index in [0.717, 1.165) is 10.2 Å². The first-order chi connectivity index (χ1) is 6.15. The highest BCUT2D eigenvalue weighted by atomic mass is 79.9. The summed E-state index contributed by atoms with van der Waals surface area (Å²) < 4.78 is 1.07. The van der Waals surface area contributed by atoms with Crippen molar-refractivity contribution in [2.45, 2.75) is 6.92 Å². The highest BCUT2D eigenvalue weighted by Gasteiger charge is 2.03. The molecular formula is C10H11BrN2. The summed E-state index contributed by atoms with van der Waals surface area (Å²) in [6.45, 7) is 2.45. The van der Waals surface area contributed by atoms with Gasteiger partial charge in [-0.1, -0.05) is 15.9 Å². The van der Waals surface area contributed by atoms with E-state index in [-0.39, 0.29) is 0 Å². The summed E-state index contributed by atoms with van der Waals surface area (Å²) in [6.07, 6.45) is 0. The summed E-state index contributed by atoms with van der Waals surface area (Å²) in [5, 5.41) is 8.54. The Hall–Kier alpha value is -1.01. The average Bonchev–Trinajstić information content (AvgIpc) is 2.04. The molecule has 0 N–H and O–H groups in total. The fourth-order valence-corrected chi connectivity index (χ4v) is 1.71. The zero-order valence-corrected chi connectivity index (χ0v) is 9.30. The molecule has 0 saturated heterocycles. The zero-order chi connectivity index (χ0) is 9.84. The topological polar surface area (TPSA) is 27.0 Å². The Labute approximate surface area is 86.9 Å². The Bertz CT molecular complexity index is 341. The minimum absolute atomic E-state index is 0.419. The highest BCUT2D eigenvalue weighted by molar-refractivity contribution is 9.10. The number of hydrogen-bond donors (Lipinski definition) is 0. The van der Waals surface area contributed by atoms with Crippen molar-refractivity contribution < 1.29 is 0 Å². The predicted molar refractivity (Wildman–Crippen MR) is 57.8 cm³/mol. The second kappa shape index (κ2) is 4.29. The van der Waals surface area contributed by atoms with Crippen LogP contribution in [-0.4, -0.2) is 13.6 Å². The Kier molecular flexibility index (Phi) is 3.32. The van der Waals surface area contributed by atoms with E-state index in [1.165, 1.54) is 5.56 Å². The van der Waals surface area contributed by atoms with Crippen molar-refractivity contribution in [3.8, 4) is 6.07 Å². The lowest BCUT2D eigenvalue weighted by atomic mass is 10.2. The molecule has 0 aliphatic rings. The number of hydrogen-bond acceptors (Lipinski definition) is 2. The number of halogens is 1. The molecule has 0 aliphatic heterocycles. The summed E-state index contributed by atoms with van der Waals surface area (Å²) >= 11 is 3.40. The fraction of sp³-hybridized carbons (Fsp3) is 0.300. The van der Waals surface area contributed by atoms with Crippen LogP contribution in [0.5, 0.6) is 0 Å². The molecule has 0 spiro atoms. The van der Waals surface area contributed by atoms with Crippen LogP contribution in [0.2, 0.25) is 0 Å². The van der Waals surface area contributed by atoms with Crippen molar-refractivity contribution in [1.29, 1.82) is 5.26 Å². The van der Waals surface area contributed by atoms with E-state index in [4.69, 9.17) is 5.26 Å². The van der Waals surface area contributed by atoms with Crippen molar-refractivity contribution in [3.63, 3.8) is 0 Å². The number of rotatable bonds is 2. The van der Waals surface area contributed by atoms with E-state index in [1.54, 1.807) is 0 Å². The molecule has 68 valence electrons. The van der Waals surface area contributed by atoms with E-state index in [9.17, 15) is 0 Å². The van der Waals surface area contributed by atoms with Gasteiger partial charge in [-0.25, -0.2) is 0 Å². The maximum atomic E-state index is 8.54. The minimum Gasteiger partial charge on any atom is -0.361 e. The van der Waals surface area contributed by atoms with Crippen molar-refractivity contribution in [3.05, 3.63) is 28.2 Å².